The Morgan fingerprint density at radius 1 is 1.14 bits per heavy atom. The van der Waals surface area contributed by atoms with Gasteiger partial charge in [0.1, 0.15) is 5.82 Å². The molecule has 3 nitrogen and oxygen atoms in total. The van der Waals surface area contributed by atoms with Gasteiger partial charge in [-0.25, -0.2) is 4.39 Å². The lowest BCUT2D eigenvalue weighted by molar-refractivity contribution is -0.124. The van der Waals surface area contributed by atoms with E-state index in [4.69, 9.17) is 0 Å². The smallest absolute Gasteiger partial charge is 0.230 e. The van der Waals surface area contributed by atoms with E-state index in [-0.39, 0.29) is 23.7 Å². The molecule has 1 saturated carbocycles. The Morgan fingerprint density at radius 3 is 2.23 bits per heavy atom. The average Bonchev–Trinajstić information content (AvgIpc) is 3.34. The molecule has 0 spiro atoms. The third kappa shape index (κ3) is 3.32. The number of hydrogen-bond acceptors (Lipinski definition) is 2. The molecule has 2 aliphatic rings. The van der Waals surface area contributed by atoms with Crippen LogP contribution in [0.4, 0.5) is 10.1 Å². The SMILES string of the molecule is CC(C)N(C(=O)C1CCN(C2CC2)CC1)c1ccc(F)cc1. The Morgan fingerprint density at radius 2 is 1.73 bits per heavy atom. The van der Waals surface area contributed by atoms with E-state index in [1.54, 1.807) is 12.1 Å². The Balaban J connectivity index is 1.68. The molecule has 120 valence electrons. The highest BCUT2D eigenvalue weighted by Gasteiger charge is 2.35. The summed E-state index contributed by atoms with van der Waals surface area (Å²) in [7, 11) is 0. The van der Waals surface area contributed by atoms with Crippen LogP contribution in [0, 0.1) is 11.7 Å². The normalized spacial score (nSPS) is 20.4. The second kappa shape index (κ2) is 6.37. The largest absolute Gasteiger partial charge is 0.310 e. The number of piperidine rings is 1. The van der Waals surface area contributed by atoms with Gasteiger partial charge in [-0.2, -0.15) is 0 Å². The number of anilines is 1. The van der Waals surface area contributed by atoms with Crippen molar-refractivity contribution >= 4 is 11.6 Å². The molecule has 1 aromatic rings. The highest BCUT2D eigenvalue weighted by molar-refractivity contribution is 5.95. The molecule has 0 radical (unpaired) electrons. The topological polar surface area (TPSA) is 23.6 Å². The maximum atomic E-state index is 13.1. The van der Waals surface area contributed by atoms with Gasteiger partial charge in [0, 0.05) is 23.7 Å². The van der Waals surface area contributed by atoms with Crippen LogP contribution in [0.1, 0.15) is 39.5 Å². The van der Waals surface area contributed by atoms with Crippen molar-refractivity contribution in [1.82, 2.24) is 4.90 Å². The molecule has 1 saturated heterocycles. The first-order chi connectivity index (χ1) is 10.6. The lowest BCUT2D eigenvalue weighted by Crippen LogP contribution is -2.45. The molecule has 1 aromatic carbocycles. The maximum Gasteiger partial charge on any atom is 0.230 e. The number of nitrogens with zero attached hydrogens (tertiary/aromatic N) is 2. The summed E-state index contributed by atoms with van der Waals surface area (Å²) < 4.78 is 13.1. The summed E-state index contributed by atoms with van der Waals surface area (Å²) >= 11 is 0. The van der Waals surface area contributed by atoms with Crippen LogP contribution in [0.2, 0.25) is 0 Å². The van der Waals surface area contributed by atoms with Gasteiger partial charge < -0.3 is 9.80 Å². The number of likely N-dealkylation sites (tertiary alicyclic amines) is 1. The number of amides is 1. The Hall–Kier alpha value is -1.42. The van der Waals surface area contributed by atoms with Crippen molar-refractivity contribution in [2.45, 2.75) is 51.6 Å². The number of hydrogen-bond donors (Lipinski definition) is 0. The van der Waals surface area contributed by atoms with Gasteiger partial charge in [0.05, 0.1) is 0 Å². The van der Waals surface area contributed by atoms with Crippen LogP contribution in [0.5, 0.6) is 0 Å². The van der Waals surface area contributed by atoms with Crippen LogP contribution in [-0.4, -0.2) is 36.0 Å². The summed E-state index contributed by atoms with van der Waals surface area (Å²) in [6.07, 6.45) is 4.54. The minimum atomic E-state index is -0.266. The molecule has 0 aromatic heterocycles. The molecule has 0 unspecified atom stereocenters. The van der Waals surface area contributed by atoms with Gasteiger partial charge in [-0.3, -0.25) is 4.79 Å². The highest BCUT2D eigenvalue weighted by atomic mass is 19.1. The fourth-order valence-electron chi connectivity index (χ4n) is 3.43. The maximum absolute atomic E-state index is 13.1. The molecule has 2 fully saturated rings. The van der Waals surface area contributed by atoms with Crippen molar-refractivity contribution in [3.63, 3.8) is 0 Å². The average molecular weight is 304 g/mol. The molecule has 22 heavy (non-hydrogen) atoms. The van der Waals surface area contributed by atoms with Crippen LogP contribution in [-0.2, 0) is 4.79 Å². The summed E-state index contributed by atoms with van der Waals surface area (Å²) in [4.78, 5) is 17.3. The molecule has 1 heterocycles. The van der Waals surface area contributed by atoms with Gasteiger partial charge in [-0.15, -0.1) is 0 Å². The van der Waals surface area contributed by atoms with Crippen LogP contribution in [0.25, 0.3) is 0 Å². The van der Waals surface area contributed by atoms with E-state index in [1.165, 1.54) is 25.0 Å². The molecule has 1 aliphatic heterocycles. The fraction of sp³-hybridized carbons (Fsp3) is 0.611. The summed E-state index contributed by atoms with van der Waals surface area (Å²) in [5.41, 5.74) is 0.797. The summed E-state index contributed by atoms with van der Waals surface area (Å²) in [5, 5.41) is 0. The predicted molar refractivity (Wildman–Crippen MR) is 86.3 cm³/mol. The van der Waals surface area contributed by atoms with Crippen molar-refractivity contribution in [3.8, 4) is 0 Å². The van der Waals surface area contributed by atoms with Gasteiger partial charge >= 0.3 is 0 Å². The first-order valence-electron chi connectivity index (χ1n) is 8.39. The Labute approximate surface area is 132 Å². The van der Waals surface area contributed by atoms with Crippen molar-refractivity contribution in [2.24, 2.45) is 5.92 Å². The van der Waals surface area contributed by atoms with Gasteiger partial charge in [-0.05, 0) is 76.9 Å². The van der Waals surface area contributed by atoms with E-state index in [9.17, 15) is 9.18 Å². The van der Waals surface area contributed by atoms with Gasteiger partial charge in [0.25, 0.3) is 0 Å². The molecular weight excluding hydrogens is 279 g/mol. The van der Waals surface area contributed by atoms with Crippen LogP contribution >= 0.6 is 0 Å². The molecule has 0 bridgehead atoms. The fourth-order valence-corrected chi connectivity index (χ4v) is 3.43. The summed E-state index contributed by atoms with van der Waals surface area (Å²) in [6, 6.07) is 7.12. The second-order valence-corrected chi connectivity index (χ2v) is 6.82. The van der Waals surface area contributed by atoms with Crippen LogP contribution in [0.3, 0.4) is 0 Å². The number of carbonyl (C=O) groups is 1. The molecule has 4 heteroatoms. The third-order valence-corrected chi connectivity index (χ3v) is 4.80. The van der Waals surface area contributed by atoms with Crippen LogP contribution < -0.4 is 4.90 Å². The first kappa shape index (κ1) is 15.5. The quantitative estimate of drug-likeness (QED) is 0.850. The van der Waals surface area contributed by atoms with E-state index in [2.05, 4.69) is 4.90 Å². The molecular formula is C18H25FN2O. The lowest BCUT2D eigenvalue weighted by Gasteiger charge is -2.36. The predicted octanol–water partition coefficient (Wildman–Crippen LogP) is 3.44. The van der Waals surface area contributed by atoms with Gasteiger partial charge in [0.15, 0.2) is 0 Å². The Bertz CT molecular complexity index is 516. The number of halogens is 1. The Kier molecular flexibility index (Phi) is 4.48. The van der Waals surface area contributed by atoms with Crippen molar-refractivity contribution in [3.05, 3.63) is 30.1 Å². The molecule has 1 amide bonds. The van der Waals surface area contributed by atoms with E-state index in [1.807, 2.05) is 18.7 Å². The van der Waals surface area contributed by atoms with Crippen LogP contribution in [0.15, 0.2) is 24.3 Å². The molecule has 3 rings (SSSR count). The lowest BCUT2D eigenvalue weighted by atomic mass is 9.94. The second-order valence-electron chi connectivity index (χ2n) is 6.82. The molecule has 0 N–H and O–H groups in total. The van der Waals surface area contributed by atoms with Crippen molar-refractivity contribution in [2.75, 3.05) is 18.0 Å². The van der Waals surface area contributed by atoms with E-state index in [0.717, 1.165) is 37.7 Å². The molecule has 1 aliphatic carbocycles. The highest BCUT2D eigenvalue weighted by Crippen LogP contribution is 2.32. The van der Waals surface area contributed by atoms with Gasteiger partial charge in [0.2, 0.25) is 5.91 Å². The zero-order chi connectivity index (χ0) is 15.7. The zero-order valence-corrected chi connectivity index (χ0v) is 13.5. The van der Waals surface area contributed by atoms with Crippen molar-refractivity contribution < 1.29 is 9.18 Å². The van der Waals surface area contributed by atoms with E-state index < -0.39 is 0 Å². The standard InChI is InChI=1S/C18H25FN2O/c1-13(2)21(17-5-3-15(19)4-6-17)18(22)14-9-11-20(12-10-14)16-7-8-16/h3-6,13-14,16H,7-12H2,1-2H3. The number of carbonyl (C=O) groups excluding carboxylic acids is 1. The number of rotatable bonds is 4. The monoisotopic (exact) mass is 304 g/mol. The van der Waals surface area contributed by atoms with Gasteiger partial charge in [-0.1, -0.05) is 0 Å². The summed E-state index contributed by atoms with van der Waals surface area (Å²) in [5.74, 6) is 0.0251. The minimum absolute atomic E-state index is 0.0828. The minimum Gasteiger partial charge on any atom is -0.310 e. The summed E-state index contributed by atoms with van der Waals surface area (Å²) in [6.45, 7) is 6.11. The van der Waals surface area contributed by atoms with Crippen molar-refractivity contribution in [1.29, 1.82) is 0 Å². The van der Waals surface area contributed by atoms with E-state index in [0.29, 0.717) is 0 Å². The third-order valence-electron chi connectivity index (χ3n) is 4.80. The van der Waals surface area contributed by atoms with E-state index >= 15 is 0 Å². The zero-order valence-electron chi connectivity index (χ0n) is 13.5. The number of benzene rings is 1. The first-order valence-corrected chi connectivity index (χ1v) is 8.39. The molecule has 0 atom stereocenters.